The van der Waals surface area contributed by atoms with Crippen LogP contribution >= 0.6 is 11.6 Å². The Kier molecular flexibility index (Phi) is 2.04. The molecule has 4 aromatic rings. The summed E-state index contributed by atoms with van der Waals surface area (Å²) in [6, 6.07) is 20.3. The quantitative estimate of drug-likeness (QED) is 0.365. The molecule has 1 aromatic heterocycles. The highest BCUT2D eigenvalue weighted by molar-refractivity contribution is 6.33. The van der Waals surface area contributed by atoms with Gasteiger partial charge in [0.2, 0.25) is 0 Å². The first-order valence-electron chi connectivity index (χ1n) is 6.83. The summed E-state index contributed by atoms with van der Waals surface area (Å²) in [7, 11) is 0. The standard InChI is InChI=1S/C18H10ClNO/c19-13-7-4-10-16-18(13)20-14-8-2-1-5-11(14)12-6-3-9-15(21-16)17(12)20/h1-10H. The number of hydrogen-bond donors (Lipinski definition) is 0. The Bertz CT molecular complexity index is 1030. The van der Waals surface area contributed by atoms with Crippen LogP contribution in [0.4, 0.5) is 0 Å². The van der Waals surface area contributed by atoms with E-state index in [0.717, 1.165) is 28.2 Å². The lowest BCUT2D eigenvalue weighted by molar-refractivity contribution is 0.476. The molecule has 0 radical (unpaired) electrons. The fourth-order valence-electron chi connectivity index (χ4n) is 3.22. The molecule has 0 unspecified atom stereocenters. The van der Waals surface area contributed by atoms with Crippen LogP contribution in [0.5, 0.6) is 11.5 Å². The minimum absolute atomic E-state index is 0.699. The zero-order chi connectivity index (χ0) is 14.0. The number of halogens is 1. The normalized spacial score (nSPS) is 12.4. The van der Waals surface area contributed by atoms with E-state index < -0.39 is 0 Å². The highest BCUT2D eigenvalue weighted by Gasteiger charge is 2.24. The maximum absolute atomic E-state index is 6.45. The predicted molar refractivity (Wildman–Crippen MR) is 85.9 cm³/mol. The summed E-state index contributed by atoms with van der Waals surface area (Å²) >= 11 is 6.45. The molecule has 0 atom stereocenters. The number of benzene rings is 3. The van der Waals surface area contributed by atoms with Crippen molar-refractivity contribution in [3.05, 3.63) is 65.7 Å². The smallest absolute Gasteiger partial charge is 0.153 e. The van der Waals surface area contributed by atoms with Crippen LogP contribution in [0.3, 0.4) is 0 Å². The van der Waals surface area contributed by atoms with Gasteiger partial charge in [0, 0.05) is 10.8 Å². The highest BCUT2D eigenvalue weighted by atomic mass is 35.5. The number of para-hydroxylation sites is 3. The largest absolute Gasteiger partial charge is 0.453 e. The third-order valence-corrected chi connectivity index (χ3v) is 4.36. The molecule has 0 saturated carbocycles. The summed E-state index contributed by atoms with van der Waals surface area (Å²) in [4.78, 5) is 0. The zero-order valence-electron chi connectivity index (χ0n) is 11.0. The Labute approximate surface area is 126 Å². The van der Waals surface area contributed by atoms with Gasteiger partial charge in [0.25, 0.3) is 0 Å². The molecule has 0 fully saturated rings. The molecular formula is C18H10ClNO. The zero-order valence-corrected chi connectivity index (χ0v) is 11.8. The van der Waals surface area contributed by atoms with Crippen molar-refractivity contribution in [3.8, 4) is 17.2 Å². The van der Waals surface area contributed by atoms with E-state index in [-0.39, 0.29) is 0 Å². The number of rotatable bonds is 0. The minimum atomic E-state index is 0.699. The molecular weight excluding hydrogens is 282 g/mol. The van der Waals surface area contributed by atoms with Gasteiger partial charge in [-0.3, -0.25) is 0 Å². The van der Waals surface area contributed by atoms with Gasteiger partial charge in [-0.1, -0.05) is 48.0 Å². The van der Waals surface area contributed by atoms with Crippen LogP contribution in [-0.4, -0.2) is 4.57 Å². The molecule has 0 aliphatic carbocycles. The Morgan fingerprint density at radius 3 is 2.48 bits per heavy atom. The van der Waals surface area contributed by atoms with Crippen molar-refractivity contribution < 1.29 is 4.74 Å². The van der Waals surface area contributed by atoms with Crippen LogP contribution in [0.25, 0.3) is 27.5 Å². The number of nitrogens with zero attached hydrogens (tertiary/aromatic N) is 1. The van der Waals surface area contributed by atoms with Gasteiger partial charge in [0.05, 0.1) is 16.1 Å². The molecule has 1 aliphatic rings. The Morgan fingerprint density at radius 2 is 1.52 bits per heavy atom. The van der Waals surface area contributed by atoms with E-state index in [2.05, 4.69) is 34.9 Å². The lowest BCUT2D eigenvalue weighted by Crippen LogP contribution is -2.04. The van der Waals surface area contributed by atoms with E-state index in [1.54, 1.807) is 0 Å². The van der Waals surface area contributed by atoms with Crippen molar-refractivity contribution in [3.63, 3.8) is 0 Å². The number of aromatic nitrogens is 1. The van der Waals surface area contributed by atoms with Gasteiger partial charge in [-0.25, -0.2) is 0 Å². The maximum atomic E-state index is 6.45. The first-order valence-corrected chi connectivity index (χ1v) is 7.21. The maximum Gasteiger partial charge on any atom is 0.153 e. The van der Waals surface area contributed by atoms with Crippen molar-refractivity contribution in [1.82, 2.24) is 4.57 Å². The van der Waals surface area contributed by atoms with Crippen LogP contribution in [0.15, 0.2) is 60.7 Å². The lowest BCUT2D eigenvalue weighted by Gasteiger charge is -2.21. The van der Waals surface area contributed by atoms with Crippen molar-refractivity contribution in [2.45, 2.75) is 0 Å². The molecule has 1 aliphatic heterocycles. The number of hydrogen-bond acceptors (Lipinski definition) is 1. The third-order valence-electron chi connectivity index (χ3n) is 4.05. The first kappa shape index (κ1) is 11.2. The fraction of sp³-hybridized carbons (Fsp3) is 0. The lowest BCUT2D eigenvalue weighted by atomic mass is 10.1. The predicted octanol–water partition coefficient (Wildman–Crippen LogP) is 5.54. The van der Waals surface area contributed by atoms with Crippen LogP contribution in [0.2, 0.25) is 5.02 Å². The molecule has 21 heavy (non-hydrogen) atoms. The van der Waals surface area contributed by atoms with E-state index in [4.69, 9.17) is 16.3 Å². The second kappa shape index (κ2) is 3.80. The molecule has 0 N–H and O–H groups in total. The summed E-state index contributed by atoms with van der Waals surface area (Å²) in [5.41, 5.74) is 3.15. The SMILES string of the molecule is Clc1cccc2c1-n1c3ccccc3c3cccc(c31)O2. The third kappa shape index (κ3) is 1.33. The molecule has 3 heteroatoms. The molecule has 2 heterocycles. The van der Waals surface area contributed by atoms with E-state index >= 15 is 0 Å². The van der Waals surface area contributed by atoms with E-state index in [9.17, 15) is 0 Å². The van der Waals surface area contributed by atoms with Crippen molar-refractivity contribution in [1.29, 1.82) is 0 Å². The molecule has 100 valence electrons. The van der Waals surface area contributed by atoms with Crippen LogP contribution < -0.4 is 4.74 Å². The summed E-state index contributed by atoms with van der Waals surface area (Å²) in [6.45, 7) is 0. The first-order chi connectivity index (χ1) is 10.3. The van der Waals surface area contributed by atoms with Crippen LogP contribution in [-0.2, 0) is 0 Å². The molecule has 2 nitrogen and oxygen atoms in total. The second-order valence-corrected chi connectivity index (χ2v) is 5.60. The van der Waals surface area contributed by atoms with Crippen molar-refractivity contribution in [2.75, 3.05) is 0 Å². The summed E-state index contributed by atoms with van der Waals surface area (Å²) < 4.78 is 8.26. The Morgan fingerprint density at radius 1 is 0.762 bits per heavy atom. The highest BCUT2D eigenvalue weighted by Crippen LogP contribution is 2.47. The van der Waals surface area contributed by atoms with Gasteiger partial charge >= 0.3 is 0 Å². The second-order valence-electron chi connectivity index (χ2n) is 5.19. The van der Waals surface area contributed by atoms with E-state index in [1.165, 1.54) is 10.8 Å². The molecule has 5 rings (SSSR count). The Hall–Kier alpha value is -2.45. The van der Waals surface area contributed by atoms with E-state index in [0.29, 0.717) is 5.02 Å². The van der Waals surface area contributed by atoms with Crippen molar-refractivity contribution >= 4 is 33.4 Å². The van der Waals surface area contributed by atoms with Gasteiger partial charge in [0.15, 0.2) is 11.5 Å². The molecule has 0 saturated heterocycles. The minimum Gasteiger partial charge on any atom is -0.453 e. The van der Waals surface area contributed by atoms with Crippen LogP contribution in [0, 0.1) is 0 Å². The van der Waals surface area contributed by atoms with E-state index in [1.807, 2.05) is 30.3 Å². The molecule has 0 amide bonds. The Balaban J connectivity index is 2.12. The van der Waals surface area contributed by atoms with Gasteiger partial charge in [-0.05, 0) is 24.3 Å². The van der Waals surface area contributed by atoms with Gasteiger partial charge in [-0.15, -0.1) is 0 Å². The van der Waals surface area contributed by atoms with Gasteiger partial charge in [0.1, 0.15) is 5.69 Å². The van der Waals surface area contributed by atoms with Gasteiger partial charge < -0.3 is 9.30 Å². The molecule has 0 bridgehead atoms. The average Bonchev–Trinajstić information content (AvgIpc) is 2.85. The number of ether oxygens (including phenoxy) is 1. The monoisotopic (exact) mass is 291 g/mol. The summed E-state index contributed by atoms with van der Waals surface area (Å²) in [6.07, 6.45) is 0. The van der Waals surface area contributed by atoms with Gasteiger partial charge in [-0.2, -0.15) is 0 Å². The molecule has 0 spiro atoms. The average molecular weight is 292 g/mol. The topological polar surface area (TPSA) is 14.2 Å². The molecule has 3 aromatic carbocycles. The fourth-order valence-corrected chi connectivity index (χ4v) is 3.47. The number of fused-ring (bicyclic) bond motifs is 5. The van der Waals surface area contributed by atoms with Crippen LogP contribution in [0.1, 0.15) is 0 Å². The van der Waals surface area contributed by atoms with Crippen molar-refractivity contribution in [2.24, 2.45) is 0 Å². The summed E-state index contributed by atoms with van der Waals surface area (Å²) in [5, 5.41) is 3.10. The summed E-state index contributed by atoms with van der Waals surface area (Å²) in [5.74, 6) is 1.67.